The van der Waals surface area contributed by atoms with Crippen LogP contribution in [0.15, 0.2) is 18.3 Å². The molecule has 0 radical (unpaired) electrons. The Morgan fingerprint density at radius 1 is 1.25 bits per heavy atom. The van der Waals surface area contributed by atoms with E-state index in [4.69, 9.17) is 4.74 Å². The molecule has 2 aliphatic rings. The molecule has 11 heteroatoms. The zero-order chi connectivity index (χ0) is 25.8. The maximum atomic E-state index is 15.5. The van der Waals surface area contributed by atoms with E-state index in [1.54, 1.807) is 12.3 Å². The van der Waals surface area contributed by atoms with E-state index in [0.29, 0.717) is 64.5 Å². The van der Waals surface area contributed by atoms with Gasteiger partial charge in [-0.05, 0) is 51.0 Å². The van der Waals surface area contributed by atoms with Crippen molar-refractivity contribution in [2.24, 2.45) is 0 Å². The summed E-state index contributed by atoms with van der Waals surface area (Å²) in [6, 6.07) is 3.26. The highest BCUT2D eigenvalue weighted by Gasteiger charge is 2.36. The number of ether oxygens (including phenoxy) is 1. The van der Waals surface area contributed by atoms with Crippen LogP contribution in [0.1, 0.15) is 53.2 Å². The minimum absolute atomic E-state index is 0.00270. The number of hydrogen-bond acceptors (Lipinski definition) is 6. The second kappa shape index (κ2) is 11.4. The molecule has 0 saturated heterocycles. The van der Waals surface area contributed by atoms with E-state index in [9.17, 15) is 18.0 Å². The van der Waals surface area contributed by atoms with Gasteiger partial charge < -0.3 is 15.0 Å². The van der Waals surface area contributed by atoms with Crippen molar-refractivity contribution in [3.8, 4) is 5.88 Å². The average Bonchev–Trinajstić information content (AvgIpc) is 3.11. The van der Waals surface area contributed by atoms with Crippen molar-refractivity contribution in [3.05, 3.63) is 39.5 Å². The molecule has 3 heterocycles. The molecule has 0 bridgehead atoms. The van der Waals surface area contributed by atoms with E-state index in [0.717, 1.165) is 27.7 Å². The Bertz CT molecular complexity index is 1040. The number of rotatable bonds is 8. The first-order valence-electron chi connectivity index (χ1n) is 12.4. The summed E-state index contributed by atoms with van der Waals surface area (Å²) in [5.74, 6) is -0.0621. The van der Waals surface area contributed by atoms with Crippen molar-refractivity contribution in [1.29, 1.82) is 0 Å². The van der Waals surface area contributed by atoms with Crippen molar-refractivity contribution in [2.45, 2.75) is 76.2 Å². The predicted octanol–water partition coefficient (Wildman–Crippen LogP) is 4.59. The van der Waals surface area contributed by atoms with Gasteiger partial charge >= 0.3 is 6.18 Å². The smallest absolute Gasteiger partial charge is 0.422 e. The third-order valence-corrected chi connectivity index (χ3v) is 7.83. The molecule has 0 atom stereocenters. The number of aromatic nitrogens is 2. The SMILES string of the molecule is Cc1ncc(CC(=O)NC2CCC(F)(CCN3CCc4ccc(OCC(F)(F)F)nc4CC3)CC2)s1. The summed E-state index contributed by atoms with van der Waals surface area (Å²) in [5.41, 5.74) is 0.500. The van der Waals surface area contributed by atoms with Gasteiger partial charge in [0.05, 0.1) is 11.4 Å². The van der Waals surface area contributed by atoms with Crippen molar-refractivity contribution in [3.63, 3.8) is 0 Å². The van der Waals surface area contributed by atoms with Crippen molar-refractivity contribution in [1.82, 2.24) is 20.2 Å². The fourth-order valence-electron chi connectivity index (χ4n) is 4.88. The van der Waals surface area contributed by atoms with Crippen LogP contribution in [-0.2, 0) is 24.1 Å². The molecule has 1 aliphatic carbocycles. The van der Waals surface area contributed by atoms with Gasteiger partial charge in [-0.2, -0.15) is 13.2 Å². The van der Waals surface area contributed by atoms with Gasteiger partial charge in [-0.1, -0.05) is 6.07 Å². The molecule has 4 rings (SSSR count). The molecule has 1 amide bonds. The summed E-state index contributed by atoms with van der Waals surface area (Å²) >= 11 is 1.51. The molecule has 1 saturated carbocycles. The minimum atomic E-state index is -4.40. The number of fused-ring (bicyclic) bond motifs is 1. The Balaban J connectivity index is 1.19. The molecule has 0 unspecified atom stereocenters. The Kier molecular flexibility index (Phi) is 8.49. The molecule has 1 fully saturated rings. The van der Waals surface area contributed by atoms with Crippen molar-refractivity contribution < 1.29 is 27.1 Å². The van der Waals surface area contributed by atoms with E-state index in [1.807, 2.05) is 6.92 Å². The van der Waals surface area contributed by atoms with Crippen LogP contribution in [0.4, 0.5) is 17.6 Å². The number of alkyl halides is 4. The lowest BCUT2D eigenvalue weighted by atomic mass is 9.81. The Morgan fingerprint density at radius 3 is 2.69 bits per heavy atom. The van der Waals surface area contributed by atoms with Crippen molar-refractivity contribution >= 4 is 17.2 Å². The highest BCUT2D eigenvalue weighted by atomic mass is 32.1. The Labute approximate surface area is 212 Å². The molecule has 1 N–H and O–H groups in total. The van der Waals surface area contributed by atoms with E-state index in [1.165, 1.54) is 17.4 Å². The van der Waals surface area contributed by atoms with E-state index in [-0.39, 0.29) is 17.8 Å². The number of halogens is 4. The largest absolute Gasteiger partial charge is 0.468 e. The van der Waals surface area contributed by atoms with E-state index in [2.05, 4.69) is 20.2 Å². The molecular weight excluding hydrogens is 496 g/mol. The lowest BCUT2D eigenvalue weighted by Gasteiger charge is -2.35. The van der Waals surface area contributed by atoms with Gasteiger partial charge in [0.15, 0.2) is 6.61 Å². The fraction of sp³-hybridized carbons (Fsp3) is 0.640. The minimum Gasteiger partial charge on any atom is -0.468 e. The number of thiazole rings is 1. The van der Waals surface area contributed by atoms with Gasteiger partial charge in [0.1, 0.15) is 5.67 Å². The van der Waals surface area contributed by atoms with Crippen molar-refractivity contribution in [2.75, 3.05) is 26.2 Å². The molecule has 0 aromatic carbocycles. The summed E-state index contributed by atoms with van der Waals surface area (Å²) in [5, 5.41) is 3.98. The Hall–Kier alpha value is -2.27. The lowest BCUT2D eigenvalue weighted by Crippen LogP contribution is -2.43. The van der Waals surface area contributed by atoms with E-state index >= 15 is 4.39 Å². The third kappa shape index (κ3) is 7.86. The first-order valence-corrected chi connectivity index (χ1v) is 13.2. The van der Waals surface area contributed by atoms with Crippen LogP contribution in [0.3, 0.4) is 0 Å². The molecule has 198 valence electrons. The summed E-state index contributed by atoms with van der Waals surface area (Å²) in [6.45, 7) is 2.59. The number of carbonyl (C=O) groups is 1. The number of pyridine rings is 1. The van der Waals surface area contributed by atoms with Gasteiger partial charge in [-0.3, -0.25) is 4.79 Å². The summed E-state index contributed by atoms with van der Waals surface area (Å²) in [6.07, 6.45) is 1.47. The molecule has 1 aliphatic heterocycles. The summed E-state index contributed by atoms with van der Waals surface area (Å²) < 4.78 is 57.5. The number of aryl methyl sites for hydroxylation is 1. The molecule has 2 aromatic heterocycles. The maximum absolute atomic E-state index is 15.5. The summed E-state index contributed by atoms with van der Waals surface area (Å²) in [4.78, 5) is 23.9. The van der Waals surface area contributed by atoms with Crippen LogP contribution in [0, 0.1) is 6.92 Å². The lowest BCUT2D eigenvalue weighted by molar-refractivity contribution is -0.154. The van der Waals surface area contributed by atoms with Gasteiger partial charge in [-0.25, -0.2) is 14.4 Å². The normalized spacial score (nSPS) is 23.1. The number of nitrogens with zero attached hydrogens (tertiary/aromatic N) is 3. The van der Waals surface area contributed by atoms with Crippen LogP contribution in [0.25, 0.3) is 0 Å². The second-order valence-corrected chi connectivity index (χ2v) is 11.1. The number of carbonyl (C=O) groups excluding carboxylic acids is 1. The zero-order valence-corrected chi connectivity index (χ0v) is 21.2. The quantitative estimate of drug-likeness (QED) is 0.508. The standard InChI is InChI=1S/C25H32F4N4O2S/c1-17-30-15-20(36-17)14-22(34)31-19-4-8-24(26,9-5-19)10-13-33-11-6-18-2-3-23(32-21(18)7-12-33)35-16-25(27,28)29/h2-3,15,19H,4-14,16H2,1H3,(H,31,34). The zero-order valence-electron chi connectivity index (χ0n) is 20.4. The monoisotopic (exact) mass is 528 g/mol. The molecule has 36 heavy (non-hydrogen) atoms. The topological polar surface area (TPSA) is 67.4 Å². The predicted molar refractivity (Wildman–Crippen MR) is 129 cm³/mol. The number of amides is 1. The molecule has 6 nitrogen and oxygen atoms in total. The average molecular weight is 529 g/mol. The van der Waals surface area contributed by atoms with Gasteiger partial charge in [0.2, 0.25) is 11.8 Å². The first-order chi connectivity index (χ1) is 17.1. The van der Waals surface area contributed by atoms with Crippen LogP contribution < -0.4 is 10.1 Å². The molecular formula is C25H32F4N4O2S. The van der Waals surface area contributed by atoms with Gasteiger partial charge in [-0.15, -0.1) is 11.3 Å². The highest BCUT2D eigenvalue weighted by molar-refractivity contribution is 7.11. The second-order valence-electron chi connectivity index (χ2n) is 9.77. The fourth-order valence-corrected chi connectivity index (χ4v) is 5.67. The number of hydrogen-bond donors (Lipinski definition) is 1. The van der Waals surface area contributed by atoms with Gasteiger partial charge in [0, 0.05) is 54.9 Å². The maximum Gasteiger partial charge on any atom is 0.422 e. The Morgan fingerprint density at radius 2 is 2.00 bits per heavy atom. The summed E-state index contributed by atoms with van der Waals surface area (Å²) in [7, 11) is 0. The van der Waals surface area contributed by atoms with Crippen LogP contribution in [-0.4, -0.2) is 64.9 Å². The van der Waals surface area contributed by atoms with E-state index < -0.39 is 18.5 Å². The van der Waals surface area contributed by atoms with Crippen LogP contribution >= 0.6 is 11.3 Å². The number of nitrogens with one attached hydrogen (secondary N) is 1. The third-order valence-electron chi connectivity index (χ3n) is 6.92. The van der Waals surface area contributed by atoms with Crippen LogP contribution in [0.2, 0.25) is 0 Å². The van der Waals surface area contributed by atoms with Gasteiger partial charge in [0.25, 0.3) is 0 Å². The molecule has 0 spiro atoms. The highest BCUT2D eigenvalue weighted by Crippen LogP contribution is 2.35. The van der Waals surface area contributed by atoms with Crippen LogP contribution in [0.5, 0.6) is 5.88 Å². The molecule has 2 aromatic rings. The first kappa shape index (κ1) is 26.8.